The topological polar surface area (TPSA) is 29.5 Å². The quantitative estimate of drug-likeness (QED) is 0.858. The molecule has 120 valence electrons. The molecule has 3 rings (SSSR count). The Labute approximate surface area is 131 Å². The molecule has 2 atom stereocenters. The number of amides is 1. The molecule has 1 aliphatic carbocycles. The van der Waals surface area contributed by atoms with E-state index in [2.05, 4.69) is 13.8 Å². The molecule has 1 aromatic carbocycles. The summed E-state index contributed by atoms with van der Waals surface area (Å²) < 4.78 is 18.8. The van der Waals surface area contributed by atoms with Crippen LogP contribution in [0.2, 0.25) is 0 Å². The number of benzene rings is 1. The van der Waals surface area contributed by atoms with Crippen molar-refractivity contribution >= 4 is 5.91 Å². The molecule has 4 heteroatoms. The summed E-state index contributed by atoms with van der Waals surface area (Å²) >= 11 is 0. The first-order chi connectivity index (χ1) is 10.3. The van der Waals surface area contributed by atoms with Crippen molar-refractivity contribution in [2.45, 2.75) is 27.2 Å². The maximum Gasteiger partial charge on any atom is 0.253 e. The molecule has 22 heavy (non-hydrogen) atoms. The fourth-order valence-electron chi connectivity index (χ4n) is 4.72. The summed E-state index contributed by atoms with van der Waals surface area (Å²) in [4.78, 5) is 14.7. The van der Waals surface area contributed by atoms with Gasteiger partial charge in [-0.05, 0) is 48.4 Å². The van der Waals surface area contributed by atoms with Gasteiger partial charge in [0.05, 0.1) is 6.61 Å². The Bertz CT molecular complexity index is 613. The maximum atomic E-state index is 13.4. The normalized spacial score (nSPS) is 29.1. The van der Waals surface area contributed by atoms with E-state index in [-0.39, 0.29) is 22.6 Å². The third-order valence-electron chi connectivity index (χ3n) is 5.52. The van der Waals surface area contributed by atoms with Crippen molar-refractivity contribution in [1.29, 1.82) is 0 Å². The number of rotatable bonds is 3. The molecular weight excluding hydrogens is 281 g/mol. The minimum Gasteiger partial charge on any atom is -0.384 e. The van der Waals surface area contributed by atoms with Gasteiger partial charge < -0.3 is 9.64 Å². The van der Waals surface area contributed by atoms with E-state index in [1.165, 1.54) is 6.07 Å². The Balaban J connectivity index is 1.82. The van der Waals surface area contributed by atoms with Crippen LogP contribution < -0.4 is 0 Å². The van der Waals surface area contributed by atoms with Gasteiger partial charge in [-0.1, -0.05) is 13.8 Å². The number of carbonyl (C=O) groups excluding carboxylic acids is 1. The SMILES string of the molecule is COC[C@@]12CN(C(=O)c3ccc(F)c(C)c3)C[C@@H]1C(C)(C)C2. The molecule has 0 radical (unpaired) electrons. The number of nitrogens with zero attached hydrogens (tertiary/aromatic N) is 1. The molecule has 1 heterocycles. The molecule has 1 amide bonds. The molecule has 0 spiro atoms. The van der Waals surface area contributed by atoms with E-state index in [9.17, 15) is 9.18 Å². The Hall–Kier alpha value is -1.42. The van der Waals surface area contributed by atoms with E-state index in [1.54, 1.807) is 26.2 Å². The smallest absolute Gasteiger partial charge is 0.253 e. The largest absolute Gasteiger partial charge is 0.384 e. The molecule has 1 saturated carbocycles. The van der Waals surface area contributed by atoms with Crippen molar-refractivity contribution < 1.29 is 13.9 Å². The van der Waals surface area contributed by atoms with Crippen LogP contribution in [0.4, 0.5) is 4.39 Å². The number of hydrogen-bond acceptors (Lipinski definition) is 2. The maximum absolute atomic E-state index is 13.4. The third-order valence-corrected chi connectivity index (χ3v) is 5.52. The Morgan fingerprint density at radius 3 is 2.77 bits per heavy atom. The van der Waals surface area contributed by atoms with Gasteiger partial charge in [0, 0.05) is 31.2 Å². The minimum absolute atomic E-state index is 0.00350. The van der Waals surface area contributed by atoms with Gasteiger partial charge in [-0.25, -0.2) is 4.39 Å². The van der Waals surface area contributed by atoms with Crippen LogP contribution in [0.15, 0.2) is 18.2 Å². The van der Waals surface area contributed by atoms with Gasteiger partial charge in [0.15, 0.2) is 0 Å². The number of likely N-dealkylation sites (tertiary alicyclic amines) is 1. The van der Waals surface area contributed by atoms with Crippen molar-refractivity contribution in [2.24, 2.45) is 16.7 Å². The molecule has 0 bridgehead atoms. The predicted octanol–water partition coefficient (Wildman–Crippen LogP) is 3.27. The van der Waals surface area contributed by atoms with Gasteiger partial charge in [0.2, 0.25) is 0 Å². The van der Waals surface area contributed by atoms with Crippen molar-refractivity contribution in [2.75, 3.05) is 26.8 Å². The third kappa shape index (κ3) is 2.24. The second-order valence-corrected chi connectivity index (χ2v) is 7.66. The molecule has 0 N–H and O–H groups in total. The van der Waals surface area contributed by atoms with Crippen LogP contribution in [0.5, 0.6) is 0 Å². The molecule has 0 unspecified atom stereocenters. The lowest BCUT2D eigenvalue weighted by Crippen LogP contribution is -2.55. The van der Waals surface area contributed by atoms with Crippen LogP contribution in [0.25, 0.3) is 0 Å². The molecule has 1 aliphatic heterocycles. The number of halogens is 1. The Kier molecular flexibility index (Phi) is 3.55. The average molecular weight is 305 g/mol. The highest BCUT2D eigenvalue weighted by Gasteiger charge is 2.63. The Morgan fingerprint density at radius 1 is 1.45 bits per heavy atom. The predicted molar refractivity (Wildman–Crippen MR) is 83.2 cm³/mol. The summed E-state index contributed by atoms with van der Waals surface area (Å²) in [7, 11) is 1.73. The second kappa shape index (κ2) is 5.05. The monoisotopic (exact) mass is 305 g/mol. The van der Waals surface area contributed by atoms with E-state index in [0.717, 1.165) is 19.5 Å². The highest BCUT2D eigenvalue weighted by molar-refractivity contribution is 5.94. The van der Waals surface area contributed by atoms with Gasteiger partial charge in [-0.15, -0.1) is 0 Å². The van der Waals surface area contributed by atoms with Crippen molar-refractivity contribution in [1.82, 2.24) is 4.90 Å². The van der Waals surface area contributed by atoms with E-state index < -0.39 is 0 Å². The number of hydrogen-bond donors (Lipinski definition) is 0. The fourth-order valence-corrected chi connectivity index (χ4v) is 4.72. The number of ether oxygens (including phenoxy) is 1. The lowest BCUT2D eigenvalue weighted by Gasteiger charge is -2.56. The summed E-state index contributed by atoms with van der Waals surface area (Å²) in [6, 6.07) is 4.60. The lowest BCUT2D eigenvalue weighted by molar-refractivity contribution is -0.107. The standard InChI is InChI=1S/C18H24FNO2/c1-12-7-13(5-6-14(12)19)16(21)20-8-15-17(2,3)9-18(15,10-20)11-22-4/h5-7,15H,8-11H2,1-4H3/t15-,18-/m1/s1. The van der Waals surface area contributed by atoms with E-state index in [0.29, 0.717) is 23.7 Å². The van der Waals surface area contributed by atoms with Crippen molar-refractivity contribution in [3.8, 4) is 0 Å². The first-order valence-electron chi connectivity index (χ1n) is 7.83. The summed E-state index contributed by atoms with van der Waals surface area (Å²) in [5.41, 5.74) is 1.44. The number of methoxy groups -OCH3 is 1. The Morgan fingerprint density at radius 2 is 2.18 bits per heavy atom. The first kappa shape index (κ1) is 15.5. The molecule has 1 aromatic rings. The highest BCUT2D eigenvalue weighted by Crippen LogP contribution is 2.62. The van der Waals surface area contributed by atoms with Crippen LogP contribution in [0, 0.1) is 29.5 Å². The summed E-state index contributed by atoms with van der Waals surface area (Å²) in [6.07, 6.45) is 1.09. The number of carbonyl (C=O) groups is 1. The van der Waals surface area contributed by atoms with Crippen LogP contribution in [-0.2, 0) is 4.74 Å². The first-order valence-corrected chi connectivity index (χ1v) is 7.83. The summed E-state index contributed by atoms with van der Waals surface area (Å²) in [5.74, 6) is 0.212. The molecule has 0 aromatic heterocycles. The summed E-state index contributed by atoms with van der Waals surface area (Å²) in [6.45, 7) is 8.43. The molecule has 3 nitrogen and oxygen atoms in total. The van der Waals surface area contributed by atoms with Gasteiger partial charge in [0.25, 0.3) is 5.91 Å². The van der Waals surface area contributed by atoms with Crippen molar-refractivity contribution in [3.63, 3.8) is 0 Å². The van der Waals surface area contributed by atoms with Gasteiger partial charge in [-0.3, -0.25) is 4.79 Å². The van der Waals surface area contributed by atoms with Gasteiger partial charge in [0.1, 0.15) is 5.82 Å². The van der Waals surface area contributed by atoms with Crippen LogP contribution >= 0.6 is 0 Å². The molecular formula is C18H24FNO2. The fraction of sp³-hybridized carbons (Fsp3) is 0.611. The van der Waals surface area contributed by atoms with Crippen molar-refractivity contribution in [3.05, 3.63) is 35.1 Å². The molecule has 1 saturated heterocycles. The van der Waals surface area contributed by atoms with E-state index >= 15 is 0 Å². The molecule has 2 fully saturated rings. The zero-order valence-corrected chi connectivity index (χ0v) is 13.8. The zero-order valence-electron chi connectivity index (χ0n) is 13.8. The average Bonchev–Trinajstić information content (AvgIpc) is 2.76. The van der Waals surface area contributed by atoms with Gasteiger partial charge in [-0.2, -0.15) is 0 Å². The molecule has 2 aliphatic rings. The summed E-state index contributed by atoms with van der Waals surface area (Å²) in [5, 5.41) is 0. The van der Waals surface area contributed by atoms with Gasteiger partial charge >= 0.3 is 0 Å². The minimum atomic E-state index is -0.268. The zero-order chi connectivity index (χ0) is 16.1. The van der Waals surface area contributed by atoms with E-state index in [1.807, 2.05) is 4.90 Å². The van der Waals surface area contributed by atoms with E-state index in [4.69, 9.17) is 4.74 Å². The lowest BCUT2D eigenvalue weighted by atomic mass is 9.48. The van der Waals surface area contributed by atoms with Crippen LogP contribution in [0.1, 0.15) is 36.2 Å². The second-order valence-electron chi connectivity index (χ2n) is 7.66. The van der Waals surface area contributed by atoms with Crippen LogP contribution in [-0.4, -0.2) is 37.6 Å². The number of aryl methyl sites for hydroxylation is 1. The highest BCUT2D eigenvalue weighted by atomic mass is 19.1. The number of fused-ring (bicyclic) bond motifs is 1. The van der Waals surface area contributed by atoms with Crippen LogP contribution in [0.3, 0.4) is 0 Å².